The SMILES string of the molecule is Nc1cc(=O)[nH]c(=S)n1-c1cccc(OC(F)(F)F)c1. The van der Waals surface area contributed by atoms with E-state index in [0.717, 1.165) is 18.2 Å². The summed E-state index contributed by atoms with van der Waals surface area (Å²) in [5.74, 6) is -0.412. The number of ether oxygens (including phenoxy) is 1. The maximum absolute atomic E-state index is 12.2. The lowest BCUT2D eigenvalue weighted by molar-refractivity contribution is -0.274. The average Bonchev–Trinajstić information content (AvgIpc) is 2.25. The van der Waals surface area contributed by atoms with Crippen LogP contribution in [0.1, 0.15) is 0 Å². The Morgan fingerprint density at radius 3 is 2.60 bits per heavy atom. The predicted molar refractivity (Wildman–Crippen MR) is 68.3 cm³/mol. The number of benzene rings is 1. The lowest BCUT2D eigenvalue weighted by Crippen LogP contribution is -2.18. The number of aromatic amines is 1. The number of anilines is 1. The molecule has 0 aliphatic heterocycles. The second-order valence-corrected chi connectivity index (χ2v) is 4.13. The topological polar surface area (TPSA) is 73.0 Å². The van der Waals surface area contributed by atoms with Crippen LogP contribution in [0.4, 0.5) is 19.0 Å². The van der Waals surface area contributed by atoms with E-state index in [4.69, 9.17) is 18.0 Å². The van der Waals surface area contributed by atoms with E-state index in [0.29, 0.717) is 0 Å². The van der Waals surface area contributed by atoms with Gasteiger partial charge in [-0.05, 0) is 24.4 Å². The zero-order valence-electron chi connectivity index (χ0n) is 9.77. The van der Waals surface area contributed by atoms with Gasteiger partial charge in [0, 0.05) is 12.1 Å². The molecular weight excluding hydrogens is 295 g/mol. The third kappa shape index (κ3) is 3.18. The van der Waals surface area contributed by atoms with E-state index < -0.39 is 17.7 Å². The molecule has 0 unspecified atom stereocenters. The first kappa shape index (κ1) is 14.1. The number of nitrogens with zero attached hydrogens (tertiary/aromatic N) is 1. The Morgan fingerprint density at radius 1 is 1.30 bits per heavy atom. The van der Waals surface area contributed by atoms with Crippen molar-refractivity contribution in [1.29, 1.82) is 0 Å². The van der Waals surface area contributed by atoms with Crippen LogP contribution in [-0.2, 0) is 0 Å². The molecule has 0 bridgehead atoms. The first-order valence-electron chi connectivity index (χ1n) is 5.24. The number of aromatic nitrogens is 2. The summed E-state index contributed by atoms with van der Waals surface area (Å²) >= 11 is 4.93. The Labute approximate surface area is 115 Å². The molecule has 0 amide bonds. The quantitative estimate of drug-likeness (QED) is 0.835. The van der Waals surface area contributed by atoms with Crippen LogP contribution in [0.3, 0.4) is 0 Å². The molecule has 5 nitrogen and oxygen atoms in total. The number of nitrogen functional groups attached to an aromatic ring is 1. The van der Waals surface area contributed by atoms with Crippen molar-refractivity contribution < 1.29 is 17.9 Å². The second-order valence-electron chi connectivity index (χ2n) is 3.74. The van der Waals surface area contributed by atoms with Gasteiger partial charge in [0.2, 0.25) is 0 Å². The van der Waals surface area contributed by atoms with Gasteiger partial charge in [-0.15, -0.1) is 13.2 Å². The fourth-order valence-electron chi connectivity index (χ4n) is 1.60. The average molecular weight is 303 g/mol. The molecule has 2 aromatic rings. The van der Waals surface area contributed by atoms with Crippen LogP contribution in [-0.4, -0.2) is 15.9 Å². The van der Waals surface area contributed by atoms with Gasteiger partial charge >= 0.3 is 6.36 Å². The first-order valence-corrected chi connectivity index (χ1v) is 5.65. The number of hydrogen-bond donors (Lipinski definition) is 2. The second kappa shape index (κ2) is 5.00. The van der Waals surface area contributed by atoms with Crippen molar-refractivity contribution in [2.45, 2.75) is 6.36 Å². The van der Waals surface area contributed by atoms with E-state index in [1.165, 1.54) is 16.7 Å². The molecule has 1 aromatic heterocycles. The highest BCUT2D eigenvalue weighted by molar-refractivity contribution is 7.71. The summed E-state index contributed by atoms with van der Waals surface area (Å²) in [6.07, 6.45) is -4.80. The molecule has 2 rings (SSSR count). The van der Waals surface area contributed by atoms with E-state index in [1.54, 1.807) is 0 Å². The largest absolute Gasteiger partial charge is 0.573 e. The lowest BCUT2D eigenvalue weighted by atomic mass is 10.3. The number of rotatable bonds is 2. The first-order chi connectivity index (χ1) is 9.26. The number of hydrogen-bond acceptors (Lipinski definition) is 4. The van der Waals surface area contributed by atoms with Gasteiger partial charge in [0.05, 0.1) is 5.69 Å². The van der Waals surface area contributed by atoms with Crippen LogP contribution in [0.15, 0.2) is 35.1 Å². The van der Waals surface area contributed by atoms with Crippen LogP contribution in [0, 0.1) is 4.77 Å². The maximum Gasteiger partial charge on any atom is 0.573 e. The third-order valence-corrected chi connectivity index (χ3v) is 2.56. The predicted octanol–water partition coefficient (Wildman–Crippen LogP) is 2.38. The minimum atomic E-state index is -4.80. The minimum absolute atomic E-state index is 0.00269. The molecule has 0 aliphatic rings. The molecule has 1 aromatic carbocycles. The fourth-order valence-corrected chi connectivity index (χ4v) is 1.91. The number of nitrogens with two attached hydrogens (primary N) is 1. The minimum Gasteiger partial charge on any atom is -0.406 e. The third-order valence-electron chi connectivity index (χ3n) is 2.28. The molecule has 3 N–H and O–H groups in total. The summed E-state index contributed by atoms with van der Waals surface area (Å²) in [5.41, 5.74) is 5.39. The molecule has 0 saturated carbocycles. The van der Waals surface area contributed by atoms with Crippen molar-refractivity contribution >= 4 is 18.0 Å². The number of H-pyrrole nitrogens is 1. The highest BCUT2D eigenvalue weighted by atomic mass is 32.1. The molecule has 0 fully saturated rings. The summed E-state index contributed by atoms with van der Waals surface area (Å²) in [5, 5.41) is 0. The fraction of sp³-hybridized carbons (Fsp3) is 0.0909. The van der Waals surface area contributed by atoms with Crippen molar-refractivity contribution in [1.82, 2.24) is 9.55 Å². The van der Waals surface area contributed by atoms with Crippen LogP contribution in [0.5, 0.6) is 5.75 Å². The highest BCUT2D eigenvalue weighted by Gasteiger charge is 2.31. The van der Waals surface area contributed by atoms with Gasteiger partial charge in [-0.1, -0.05) is 6.07 Å². The highest BCUT2D eigenvalue weighted by Crippen LogP contribution is 2.25. The Bertz CT molecular complexity index is 752. The van der Waals surface area contributed by atoms with Gasteiger partial charge in [0.15, 0.2) is 4.77 Å². The van der Waals surface area contributed by atoms with E-state index >= 15 is 0 Å². The van der Waals surface area contributed by atoms with Crippen molar-refractivity contribution in [3.8, 4) is 11.4 Å². The molecule has 1 heterocycles. The van der Waals surface area contributed by atoms with Crippen molar-refractivity contribution in [2.75, 3.05) is 5.73 Å². The molecule has 20 heavy (non-hydrogen) atoms. The molecule has 0 aliphatic carbocycles. The summed E-state index contributed by atoms with van der Waals surface area (Å²) in [7, 11) is 0. The van der Waals surface area contributed by atoms with E-state index in [1.807, 2.05) is 0 Å². The summed E-state index contributed by atoms with van der Waals surface area (Å²) in [4.78, 5) is 13.5. The molecule has 0 radical (unpaired) electrons. The van der Waals surface area contributed by atoms with Crippen LogP contribution in [0.2, 0.25) is 0 Å². The van der Waals surface area contributed by atoms with Gasteiger partial charge < -0.3 is 10.5 Å². The Morgan fingerprint density at radius 2 is 2.00 bits per heavy atom. The van der Waals surface area contributed by atoms with E-state index in [2.05, 4.69) is 9.72 Å². The molecule has 0 spiro atoms. The molecule has 9 heteroatoms. The Balaban J connectivity index is 2.52. The van der Waals surface area contributed by atoms with Crippen LogP contribution in [0.25, 0.3) is 5.69 Å². The Hall–Kier alpha value is -2.29. The van der Waals surface area contributed by atoms with Crippen LogP contribution < -0.4 is 16.0 Å². The van der Waals surface area contributed by atoms with E-state index in [-0.39, 0.29) is 16.3 Å². The van der Waals surface area contributed by atoms with Gasteiger partial charge in [0.25, 0.3) is 5.56 Å². The van der Waals surface area contributed by atoms with Gasteiger partial charge in [0.1, 0.15) is 11.6 Å². The zero-order chi connectivity index (χ0) is 14.9. The van der Waals surface area contributed by atoms with Crippen molar-refractivity contribution in [2.24, 2.45) is 0 Å². The summed E-state index contributed by atoms with van der Waals surface area (Å²) < 4.78 is 41.5. The smallest absolute Gasteiger partial charge is 0.406 e. The van der Waals surface area contributed by atoms with Crippen LogP contribution >= 0.6 is 12.2 Å². The standard InChI is InChI=1S/C11H8F3N3O2S/c12-11(13,14)19-7-3-1-2-6(4-7)17-8(15)5-9(18)16-10(17)20/h1-5H,15H2,(H,16,18,20). The number of alkyl halides is 3. The monoisotopic (exact) mass is 303 g/mol. The summed E-state index contributed by atoms with van der Waals surface area (Å²) in [6, 6.07) is 6.16. The number of halogens is 3. The van der Waals surface area contributed by atoms with Crippen molar-refractivity contribution in [3.63, 3.8) is 0 Å². The van der Waals surface area contributed by atoms with Gasteiger partial charge in [-0.25, -0.2) is 0 Å². The maximum atomic E-state index is 12.2. The Kier molecular flexibility index (Phi) is 3.53. The van der Waals surface area contributed by atoms with Gasteiger partial charge in [-0.3, -0.25) is 14.3 Å². The number of nitrogens with one attached hydrogen (secondary N) is 1. The lowest BCUT2D eigenvalue weighted by Gasteiger charge is -2.13. The van der Waals surface area contributed by atoms with E-state index in [9.17, 15) is 18.0 Å². The molecule has 0 saturated heterocycles. The van der Waals surface area contributed by atoms with Gasteiger partial charge in [-0.2, -0.15) is 0 Å². The molecule has 106 valence electrons. The summed E-state index contributed by atoms with van der Waals surface area (Å²) in [6.45, 7) is 0. The zero-order valence-corrected chi connectivity index (χ0v) is 10.6. The normalized spacial score (nSPS) is 11.3. The molecular formula is C11H8F3N3O2S. The van der Waals surface area contributed by atoms with Crippen molar-refractivity contribution in [3.05, 3.63) is 45.5 Å². The molecule has 0 atom stereocenters.